The van der Waals surface area contributed by atoms with E-state index in [1.54, 1.807) is 24.1 Å². The summed E-state index contributed by atoms with van der Waals surface area (Å²) in [5, 5.41) is 4.61. The monoisotopic (exact) mass is 613 g/mol. The summed E-state index contributed by atoms with van der Waals surface area (Å²) in [6.07, 6.45) is 0.714. The van der Waals surface area contributed by atoms with Crippen LogP contribution in [0.2, 0.25) is 0 Å². The molecule has 8 nitrogen and oxygen atoms in total. The summed E-state index contributed by atoms with van der Waals surface area (Å²) >= 11 is 0. The van der Waals surface area contributed by atoms with E-state index >= 15 is 0 Å². The number of carbonyl (C=O) groups is 2. The molecular formula is C35H39N3O5S. The molecule has 44 heavy (non-hydrogen) atoms. The summed E-state index contributed by atoms with van der Waals surface area (Å²) in [5.74, 6) is 0.463. The van der Waals surface area contributed by atoms with Crippen molar-refractivity contribution in [2.45, 2.75) is 50.6 Å². The third kappa shape index (κ3) is 6.73. The smallest absolute Gasteiger partial charge is 0.265 e. The Hall–Kier alpha value is -4.37. The predicted octanol–water partition coefficient (Wildman–Crippen LogP) is 5.55. The molecule has 9 heteroatoms. The maximum Gasteiger partial charge on any atom is 0.265 e. The van der Waals surface area contributed by atoms with E-state index in [1.165, 1.54) is 4.31 Å². The Balaban J connectivity index is 1.40. The SMILES string of the molecule is COc1cccc(CN(C(=O)CCCN2c3cccc4cccc(c34)S2(=O)=O)C(Cc2ccccc2)C(=O)NCC(C)C)c1. The molecule has 1 atom stereocenters. The number of rotatable bonds is 13. The molecule has 0 radical (unpaired) electrons. The standard InChI is InChI=1S/C35H39N3O5S/c1-25(2)23-36-35(40)31(22-26-11-5-4-6-12-26)37(24-27-13-7-16-29(21-27)43-3)33(39)19-10-20-38-30-17-8-14-28-15-9-18-32(34(28)30)44(38,41)42/h4-9,11-18,21,25,31H,10,19-20,22-24H2,1-3H3,(H,36,40). The van der Waals surface area contributed by atoms with Gasteiger partial charge in [-0.1, -0.05) is 80.6 Å². The first kappa shape index (κ1) is 31.1. The predicted molar refractivity (Wildman–Crippen MR) is 173 cm³/mol. The molecule has 0 aromatic heterocycles. The fourth-order valence-corrected chi connectivity index (χ4v) is 7.41. The number of hydrogen-bond donors (Lipinski definition) is 1. The summed E-state index contributed by atoms with van der Waals surface area (Å²) in [6, 6.07) is 27.2. The molecule has 1 unspecified atom stereocenters. The quantitative estimate of drug-likeness (QED) is 0.213. The molecule has 4 aromatic rings. The molecule has 230 valence electrons. The summed E-state index contributed by atoms with van der Waals surface area (Å²) < 4.78 is 33.8. The summed E-state index contributed by atoms with van der Waals surface area (Å²) in [5.41, 5.74) is 2.40. The second-order valence-electron chi connectivity index (χ2n) is 11.5. The van der Waals surface area contributed by atoms with Crippen molar-refractivity contribution < 1.29 is 22.7 Å². The molecule has 1 aliphatic heterocycles. The molecule has 0 fully saturated rings. The lowest BCUT2D eigenvalue weighted by Crippen LogP contribution is -2.51. The zero-order valence-corrected chi connectivity index (χ0v) is 26.2. The van der Waals surface area contributed by atoms with Crippen LogP contribution in [0.3, 0.4) is 0 Å². The van der Waals surface area contributed by atoms with Crippen molar-refractivity contribution in [3.63, 3.8) is 0 Å². The summed E-state index contributed by atoms with van der Waals surface area (Å²) in [4.78, 5) is 29.7. The van der Waals surface area contributed by atoms with Gasteiger partial charge in [-0.2, -0.15) is 0 Å². The third-order valence-electron chi connectivity index (χ3n) is 7.88. The van der Waals surface area contributed by atoms with Crippen LogP contribution in [0.5, 0.6) is 5.75 Å². The van der Waals surface area contributed by atoms with E-state index in [-0.39, 0.29) is 37.2 Å². The van der Waals surface area contributed by atoms with Crippen LogP contribution in [0.1, 0.15) is 37.8 Å². The Morgan fingerprint density at radius 3 is 2.34 bits per heavy atom. The zero-order chi connectivity index (χ0) is 31.3. The molecule has 4 aromatic carbocycles. The average Bonchev–Trinajstić information content (AvgIpc) is 3.25. The zero-order valence-electron chi connectivity index (χ0n) is 25.4. The largest absolute Gasteiger partial charge is 0.497 e. The van der Waals surface area contributed by atoms with Crippen molar-refractivity contribution in [3.8, 4) is 5.75 Å². The Bertz CT molecular complexity index is 1730. The van der Waals surface area contributed by atoms with Gasteiger partial charge in [0.15, 0.2) is 0 Å². The number of methoxy groups -OCH3 is 1. The van der Waals surface area contributed by atoms with Crippen molar-refractivity contribution in [1.29, 1.82) is 0 Å². The molecule has 1 heterocycles. The molecule has 5 rings (SSSR count). The van der Waals surface area contributed by atoms with Gasteiger partial charge in [0, 0.05) is 37.9 Å². The van der Waals surface area contributed by atoms with Gasteiger partial charge in [-0.25, -0.2) is 8.42 Å². The fourth-order valence-electron chi connectivity index (χ4n) is 5.66. The van der Waals surface area contributed by atoms with Crippen LogP contribution in [0, 0.1) is 5.92 Å². The van der Waals surface area contributed by atoms with E-state index < -0.39 is 16.1 Å². The second-order valence-corrected chi connectivity index (χ2v) is 13.4. The van der Waals surface area contributed by atoms with E-state index in [9.17, 15) is 18.0 Å². The number of anilines is 1. The van der Waals surface area contributed by atoms with Crippen LogP contribution < -0.4 is 14.4 Å². The number of sulfonamides is 1. The van der Waals surface area contributed by atoms with Crippen molar-refractivity contribution in [1.82, 2.24) is 10.2 Å². The Labute approximate surface area is 259 Å². The molecule has 0 saturated carbocycles. The highest BCUT2D eigenvalue weighted by atomic mass is 32.2. The molecule has 0 aliphatic carbocycles. The minimum absolute atomic E-state index is 0.0745. The Kier molecular flexibility index (Phi) is 9.54. The maximum absolute atomic E-state index is 14.1. The van der Waals surface area contributed by atoms with Crippen LogP contribution in [-0.2, 0) is 32.6 Å². The highest BCUT2D eigenvalue weighted by molar-refractivity contribution is 7.93. The summed E-state index contributed by atoms with van der Waals surface area (Å²) in [6.45, 7) is 4.89. The van der Waals surface area contributed by atoms with Crippen molar-refractivity contribution in [2.75, 3.05) is 24.5 Å². The first-order valence-electron chi connectivity index (χ1n) is 15.0. The molecule has 0 spiro atoms. The van der Waals surface area contributed by atoms with Gasteiger partial charge in [0.05, 0.1) is 17.7 Å². The topological polar surface area (TPSA) is 96.0 Å². The lowest BCUT2D eigenvalue weighted by Gasteiger charge is -2.32. The number of nitrogens with one attached hydrogen (secondary N) is 1. The second kappa shape index (κ2) is 13.5. The van der Waals surface area contributed by atoms with E-state index in [1.807, 2.05) is 92.7 Å². The lowest BCUT2D eigenvalue weighted by atomic mass is 10.0. The van der Waals surface area contributed by atoms with E-state index in [4.69, 9.17) is 4.74 Å². The van der Waals surface area contributed by atoms with Crippen LogP contribution in [0.4, 0.5) is 5.69 Å². The molecule has 1 aliphatic rings. The fraction of sp³-hybridized carbons (Fsp3) is 0.314. The van der Waals surface area contributed by atoms with Gasteiger partial charge in [0.25, 0.3) is 10.0 Å². The molecule has 2 amide bonds. The van der Waals surface area contributed by atoms with E-state index in [0.29, 0.717) is 41.1 Å². The highest BCUT2D eigenvalue weighted by Gasteiger charge is 2.36. The minimum Gasteiger partial charge on any atom is -0.497 e. The summed E-state index contributed by atoms with van der Waals surface area (Å²) in [7, 11) is -2.14. The number of hydrogen-bond acceptors (Lipinski definition) is 5. The molecule has 0 bridgehead atoms. The van der Waals surface area contributed by atoms with Gasteiger partial charge in [-0.3, -0.25) is 13.9 Å². The van der Waals surface area contributed by atoms with Gasteiger partial charge in [0.2, 0.25) is 11.8 Å². The number of carbonyl (C=O) groups excluding carboxylic acids is 2. The molecule has 1 N–H and O–H groups in total. The van der Waals surface area contributed by atoms with E-state index in [0.717, 1.165) is 16.5 Å². The number of benzene rings is 4. The highest BCUT2D eigenvalue weighted by Crippen LogP contribution is 2.42. The van der Waals surface area contributed by atoms with Crippen LogP contribution in [0.15, 0.2) is 95.9 Å². The minimum atomic E-state index is -3.73. The van der Waals surface area contributed by atoms with Crippen molar-refractivity contribution in [3.05, 3.63) is 102 Å². The average molecular weight is 614 g/mol. The molecular weight excluding hydrogens is 574 g/mol. The van der Waals surface area contributed by atoms with Gasteiger partial charge < -0.3 is 15.0 Å². The van der Waals surface area contributed by atoms with Gasteiger partial charge in [0.1, 0.15) is 11.8 Å². The van der Waals surface area contributed by atoms with Crippen LogP contribution >= 0.6 is 0 Å². The first-order chi connectivity index (χ1) is 21.2. The molecule has 0 saturated heterocycles. The van der Waals surface area contributed by atoms with Crippen LogP contribution in [0.25, 0.3) is 10.8 Å². The van der Waals surface area contributed by atoms with Crippen LogP contribution in [-0.4, -0.2) is 51.4 Å². The Morgan fingerprint density at radius 2 is 1.61 bits per heavy atom. The maximum atomic E-state index is 14.1. The lowest BCUT2D eigenvalue weighted by molar-refractivity contribution is -0.141. The normalized spacial score (nSPS) is 14.0. The first-order valence-corrected chi connectivity index (χ1v) is 16.4. The Morgan fingerprint density at radius 1 is 0.909 bits per heavy atom. The number of ether oxygens (including phenoxy) is 1. The third-order valence-corrected chi connectivity index (χ3v) is 9.73. The van der Waals surface area contributed by atoms with Gasteiger partial charge in [-0.05, 0) is 53.1 Å². The number of nitrogens with zero attached hydrogens (tertiary/aromatic N) is 2. The van der Waals surface area contributed by atoms with E-state index in [2.05, 4.69) is 5.32 Å². The van der Waals surface area contributed by atoms with Gasteiger partial charge >= 0.3 is 0 Å². The van der Waals surface area contributed by atoms with Crippen molar-refractivity contribution >= 4 is 38.3 Å². The van der Waals surface area contributed by atoms with Gasteiger partial charge in [-0.15, -0.1) is 0 Å². The number of amides is 2. The van der Waals surface area contributed by atoms with Crippen molar-refractivity contribution in [2.24, 2.45) is 5.92 Å².